The molecule has 212 valence electrons. The molecule has 10 nitrogen and oxygen atoms in total. The van der Waals surface area contributed by atoms with Gasteiger partial charge in [-0.15, -0.1) is 0 Å². The Bertz CT molecular complexity index is 1710. The van der Waals surface area contributed by atoms with E-state index in [2.05, 4.69) is 31.9 Å². The number of anilines is 1. The predicted octanol–water partition coefficient (Wildman–Crippen LogP) is 3.69. The van der Waals surface area contributed by atoms with Gasteiger partial charge in [-0.25, -0.2) is 18.1 Å². The maximum Gasteiger partial charge on any atom is 0.267 e. The Morgan fingerprint density at radius 2 is 1.76 bits per heavy atom. The zero-order valence-corrected chi connectivity index (χ0v) is 24.1. The summed E-state index contributed by atoms with van der Waals surface area (Å²) in [4.78, 5) is 24.0. The number of aromatic nitrogens is 4. The molecule has 1 amide bonds. The molecule has 1 aliphatic heterocycles. The largest absolute Gasteiger partial charge is 0.470 e. The molecule has 0 radical (unpaired) electrons. The van der Waals surface area contributed by atoms with Crippen LogP contribution in [0.5, 0.6) is 5.88 Å². The number of benzene rings is 2. The van der Waals surface area contributed by atoms with Gasteiger partial charge in [0.1, 0.15) is 11.0 Å². The van der Waals surface area contributed by atoms with Crippen LogP contribution >= 0.6 is 0 Å². The number of likely N-dealkylation sites (tertiary alicyclic amines) is 1. The minimum atomic E-state index is -3.97. The summed E-state index contributed by atoms with van der Waals surface area (Å²) in [7, 11) is -2.33. The van der Waals surface area contributed by atoms with Crippen LogP contribution in [-0.4, -0.2) is 58.2 Å². The Morgan fingerprint density at radius 1 is 1.02 bits per heavy atom. The summed E-state index contributed by atoms with van der Waals surface area (Å²) in [6, 6.07) is 16.0. The van der Waals surface area contributed by atoms with Crippen LogP contribution in [0.3, 0.4) is 0 Å². The van der Waals surface area contributed by atoms with Crippen molar-refractivity contribution in [1.29, 1.82) is 0 Å². The molecule has 1 saturated heterocycles. The smallest absolute Gasteiger partial charge is 0.267 e. The number of rotatable bonds is 7. The lowest BCUT2D eigenvalue weighted by molar-refractivity contribution is -0.145. The number of sulfonamides is 1. The fourth-order valence-electron chi connectivity index (χ4n) is 5.62. The second-order valence-electron chi connectivity index (χ2n) is 10.8. The highest BCUT2D eigenvalue weighted by Crippen LogP contribution is 2.32. The Labute approximate surface area is 239 Å². The maximum atomic E-state index is 13.2. The highest BCUT2D eigenvalue weighted by Gasteiger charge is 2.37. The molecule has 1 N–H and O–H groups in total. The molecule has 3 heterocycles. The van der Waals surface area contributed by atoms with Crippen LogP contribution in [0.4, 0.5) is 5.95 Å². The van der Waals surface area contributed by atoms with E-state index >= 15 is 0 Å². The molecule has 11 heteroatoms. The van der Waals surface area contributed by atoms with Gasteiger partial charge in [0.2, 0.25) is 17.7 Å². The molecule has 1 aliphatic carbocycles. The van der Waals surface area contributed by atoms with E-state index in [0.29, 0.717) is 18.8 Å². The number of aryl methyl sites for hydroxylation is 4. The number of hydrogen-bond donors (Lipinski definition) is 1. The molecule has 6 rings (SSSR count). The van der Waals surface area contributed by atoms with E-state index in [-0.39, 0.29) is 34.7 Å². The first-order chi connectivity index (χ1) is 19.7. The summed E-state index contributed by atoms with van der Waals surface area (Å²) in [5, 5.41) is 3.95. The van der Waals surface area contributed by atoms with Crippen molar-refractivity contribution in [1.82, 2.24) is 24.6 Å². The minimum Gasteiger partial charge on any atom is -0.470 e. The molecule has 2 aromatic heterocycles. The zero-order chi connectivity index (χ0) is 28.7. The number of amides is 1. The van der Waals surface area contributed by atoms with Crippen LogP contribution < -0.4 is 9.46 Å². The molecule has 0 bridgehead atoms. The average molecular weight is 573 g/mol. The third kappa shape index (κ3) is 5.54. The van der Waals surface area contributed by atoms with E-state index in [1.54, 1.807) is 13.1 Å². The van der Waals surface area contributed by atoms with E-state index in [4.69, 9.17) is 4.74 Å². The van der Waals surface area contributed by atoms with Gasteiger partial charge < -0.3 is 9.64 Å². The number of nitrogens with zero attached hydrogens (tertiary/aromatic N) is 5. The fourth-order valence-corrected chi connectivity index (χ4v) is 6.55. The van der Waals surface area contributed by atoms with Crippen LogP contribution in [0.1, 0.15) is 28.7 Å². The molecule has 1 fully saturated rings. The zero-order valence-electron chi connectivity index (χ0n) is 23.2. The molecule has 0 spiro atoms. The topological polar surface area (TPSA) is 119 Å². The number of fused-ring (bicyclic) bond motifs is 1. The summed E-state index contributed by atoms with van der Waals surface area (Å²) >= 11 is 0. The van der Waals surface area contributed by atoms with Crippen LogP contribution in [0.2, 0.25) is 0 Å². The van der Waals surface area contributed by atoms with Gasteiger partial charge in [0, 0.05) is 30.8 Å². The summed E-state index contributed by atoms with van der Waals surface area (Å²) in [6.45, 7) is 4.86. The summed E-state index contributed by atoms with van der Waals surface area (Å²) < 4.78 is 36.1. The van der Waals surface area contributed by atoms with Crippen molar-refractivity contribution < 1.29 is 17.9 Å². The quantitative estimate of drug-likeness (QED) is 0.359. The van der Waals surface area contributed by atoms with E-state index in [1.807, 2.05) is 49.1 Å². The molecular formula is C30H32N6O4S. The van der Waals surface area contributed by atoms with E-state index in [9.17, 15) is 13.2 Å². The van der Waals surface area contributed by atoms with Gasteiger partial charge in [0.05, 0.1) is 25.0 Å². The minimum absolute atomic E-state index is 0.00188. The lowest BCUT2D eigenvalue weighted by Crippen LogP contribution is -2.58. The third-order valence-corrected chi connectivity index (χ3v) is 9.08. The van der Waals surface area contributed by atoms with Crippen molar-refractivity contribution in [2.45, 2.75) is 44.1 Å². The Kier molecular flexibility index (Phi) is 6.98. The Hall–Kier alpha value is -4.25. The van der Waals surface area contributed by atoms with Gasteiger partial charge in [-0.3, -0.25) is 9.48 Å². The summed E-state index contributed by atoms with van der Waals surface area (Å²) in [5.74, 6) is 0.277. The average Bonchev–Trinajstić information content (AvgIpc) is 3.37. The lowest BCUT2D eigenvalue weighted by atomic mass is 9.83. The molecule has 1 atom stereocenters. The van der Waals surface area contributed by atoms with Gasteiger partial charge in [-0.2, -0.15) is 10.1 Å². The number of nitrogens with one attached hydrogen (secondary N) is 1. The van der Waals surface area contributed by atoms with Crippen molar-refractivity contribution >= 4 is 21.9 Å². The Balaban J connectivity index is 1.20. The van der Waals surface area contributed by atoms with Crippen LogP contribution in [0.25, 0.3) is 11.3 Å². The van der Waals surface area contributed by atoms with Crippen molar-refractivity contribution in [3.05, 3.63) is 83.2 Å². The monoisotopic (exact) mass is 572 g/mol. The van der Waals surface area contributed by atoms with Crippen LogP contribution in [0.15, 0.2) is 65.8 Å². The molecule has 2 aliphatic rings. The number of carbonyl (C=O) groups is 1. The van der Waals surface area contributed by atoms with Crippen molar-refractivity contribution in [3.8, 4) is 17.1 Å². The van der Waals surface area contributed by atoms with Gasteiger partial charge >= 0.3 is 0 Å². The molecule has 41 heavy (non-hydrogen) atoms. The van der Waals surface area contributed by atoms with E-state index in [0.717, 1.165) is 36.0 Å². The lowest BCUT2D eigenvalue weighted by Gasteiger charge is -2.41. The van der Waals surface area contributed by atoms with Crippen LogP contribution in [0, 0.1) is 19.8 Å². The highest BCUT2D eigenvalue weighted by atomic mass is 32.2. The van der Waals surface area contributed by atoms with Crippen molar-refractivity contribution in [3.63, 3.8) is 0 Å². The van der Waals surface area contributed by atoms with Gasteiger partial charge in [0.25, 0.3) is 10.0 Å². The second kappa shape index (κ2) is 10.6. The number of ether oxygens (including phenoxy) is 1. The van der Waals surface area contributed by atoms with Gasteiger partial charge in [-0.05, 0) is 55.4 Å². The first-order valence-corrected chi connectivity index (χ1v) is 15.1. The summed E-state index contributed by atoms with van der Waals surface area (Å²) in [5.41, 5.74) is 5.99. The summed E-state index contributed by atoms with van der Waals surface area (Å²) in [6.07, 6.45) is 4.95. The first-order valence-electron chi connectivity index (χ1n) is 13.7. The Morgan fingerprint density at radius 3 is 2.46 bits per heavy atom. The molecule has 0 saturated carbocycles. The fraction of sp³-hybridized carbons (Fsp3) is 0.333. The van der Waals surface area contributed by atoms with Gasteiger partial charge in [0.15, 0.2) is 0 Å². The first kappa shape index (κ1) is 26.9. The number of carbonyl (C=O) groups excluding carboxylic acids is 1. The normalized spacial score (nSPS) is 17.0. The van der Waals surface area contributed by atoms with Crippen molar-refractivity contribution in [2.24, 2.45) is 13.0 Å². The molecule has 1 unspecified atom stereocenters. The highest BCUT2D eigenvalue weighted by molar-refractivity contribution is 7.92. The van der Waals surface area contributed by atoms with Crippen molar-refractivity contribution in [2.75, 3.05) is 17.8 Å². The standard InChI is InChI=1S/C30H32N6O4S/c1-19-7-6-8-20(2)28(19)26-14-27(33-30(32-26)34-41(38,39)25-15-31-35(3)18-25)40-24-16-36(17-24)29(37)23-12-11-21-9-4-5-10-22(21)13-23/h4-10,14-15,18,23-24H,11-13,16-17H2,1-3H3,(H,32,33,34). The maximum absolute atomic E-state index is 13.2. The molecule has 2 aromatic carbocycles. The SMILES string of the molecule is Cc1cccc(C)c1-c1cc(OC2CN(C(=O)C3CCc4ccccc4C3)C2)nc(NS(=O)(=O)c2cnn(C)c2)n1. The third-order valence-electron chi connectivity index (χ3n) is 7.80. The molecule has 4 aromatic rings. The van der Waals surface area contributed by atoms with Crippen LogP contribution in [-0.2, 0) is 34.7 Å². The van der Waals surface area contributed by atoms with E-state index in [1.165, 1.54) is 28.2 Å². The molecular weight excluding hydrogens is 540 g/mol. The van der Waals surface area contributed by atoms with E-state index < -0.39 is 10.0 Å². The second-order valence-corrected chi connectivity index (χ2v) is 12.5. The van der Waals surface area contributed by atoms with Gasteiger partial charge in [-0.1, -0.05) is 42.5 Å². The number of hydrogen-bond acceptors (Lipinski definition) is 7. The predicted molar refractivity (Wildman–Crippen MR) is 154 cm³/mol.